The number of rotatable bonds is 2. The highest BCUT2D eigenvalue weighted by Gasteiger charge is 2.11. The van der Waals surface area contributed by atoms with Crippen molar-refractivity contribution in [2.24, 2.45) is 0 Å². The Balaban J connectivity index is 2.36. The molecule has 0 saturated carbocycles. The van der Waals surface area contributed by atoms with Gasteiger partial charge < -0.3 is 4.57 Å². The van der Waals surface area contributed by atoms with Crippen LogP contribution in [-0.2, 0) is 6.54 Å². The Kier molecular flexibility index (Phi) is 2.49. The van der Waals surface area contributed by atoms with Crippen molar-refractivity contribution in [1.29, 1.82) is 0 Å². The summed E-state index contributed by atoms with van der Waals surface area (Å²) in [6.45, 7) is 0.0605. The predicted octanol–water partition coefficient (Wildman–Crippen LogP) is 2.95. The van der Waals surface area contributed by atoms with E-state index in [1.807, 2.05) is 0 Å². The molecule has 0 amide bonds. The van der Waals surface area contributed by atoms with Crippen molar-refractivity contribution in [1.82, 2.24) is 4.57 Å². The third kappa shape index (κ3) is 2.03. The van der Waals surface area contributed by atoms with E-state index in [0.29, 0.717) is 12.1 Å². The highest BCUT2D eigenvalue weighted by molar-refractivity contribution is 5.21. The van der Waals surface area contributed by atoms with Gasteiger partial charge in [0.2, 0.25) is 0 Å². The van der Waals surface area contributed by atoms with E-state index in [1.165, 1.54) is 0 Å². The maximum Gasteiger partial charge on any atom is 0.134 e. The lowest BCUT2D eigenvalue weighted by molar-refractivity contribution is 0.516. The second kappa shape index (κ2) is 3.81. The Bertz CT molecular complexity index is 440. The fourth-order valence-corrected chi connectivity index (χ4v) is 1.38. The quantitative estimate of drug-likeness (QED) is 0.719. The second-order valence-corrected chi connectivity index (χ2v) is 3.20. The lowest BCUT2D eigenvalue weighted by Gasteiger charge is -2.06. The number of nitrogens with zero attached hydrogens (tertiary/aromatic N) is 1. The van der Waals surface area contributed by atoms with Crippen LogP contribution in [0.5, 0.6) is 0 Å². The van der Waals surface area contributed by atoms with E-state index in [1.54, 1.807) is 29.1 Å². The molecule has 1 nitrogen and oxygen atoms in total. The van der Waals surface area contributed by atoms with Gasteiger partial charge in [-0.15, -0.1) is 0 Å². The third-order valence-corrected chi connectivity index (χ3v) is 2.11. The molecule has 0 aliphatic heterocycles. The summed E-state index contributed by atoms with van der Waals surface area (Å²) in [4.78, 5) is 0. The Morgan fingerprint density at radius 1 is 0.933 bits per heavy atom. The summed E-state index contributed by atoms with van der Waals surface area (Å²) in [7, 11) is 0. The van der Waals surface area contributed by atoms with Crippen LogP contribution >= 0.6 is 0 Å². The summed E-state index contributed by atoms with van der Waals surface area (Å²) in [6, 6.07) is 4.86. The molecule has 78 valence electrons. The number of halogens is 3. The standard InChI is InChI=1S/C11H8F3N/c12-8-5-10(13)9(11(14)6-8)7-15-3-1-2-4-15/h1-6H,7H2. The van der Waals surface area contributed by atoms with Gasteiger partial charge in [-0.05, 0) is 12.1 Å². The third-order valence-electron chi connectivity index (χ3n) is 2.11. The van der Waals surface area contributed by atoms with Crippen molar-refractivity contribution < 1.29 is 13.2 Å². The average molecular weight is 211 g/mol. The molecule has 1 heterocycles. The van der Waals surface area contributed by atoms with Gasteiger partial charge in [0.15, 0.2) is 0 Å². The van der Waals surface area contributed by atoms with Crippen molar-refractivity contribution in [3.8, 4) is 0 Å². The molecule has 4 heteroatoms. The van der Waals surface area contributed by atoms with Crippen molar-refractivity contribution in [2.45, 2.75) is 6.54 Å². The van der Waals surface area contributed by atoms with Gasteiger partial charge in [-0.3, -0.25) is 0 Å². The molecule has 0 saturated heterocycles. The normalized spacial score (nSPS) is 10.6. The molecule has 1 aromatic carbocycles. The van der Waals surface area contributed by atoms with E-state index in [9.17, 15) is 13.2 Å². The van der Waals surface area contributed by atoms with Gasteiger partial charge >= 0.3 is 0 Å². The molecule has 0 N–H and O–H groups in total. The fourth-order valence-electron chi connectivity index (χ4n) is 1.38. The Morgan fingerprint density at radius 3 is 2.00 bits per heavy atom. The zero-order chi connectivity index (χ0) is 10.8. The largest absolute Gasteiger partial charge is 0.350 e. The molecule has 0 atom stereocenters. The van der Waals surface area contributed by atoms with E-state index in [4.69, 9.17) is 0 Å². The summed E-state index contributed by atoms with van der Waals surface area (Å²) in [5, 5.41) is 0. The first-order chi connectivity index (χ1) is 7.16. The van der Waals surface area contributed by atoms with Crippen molar-refractivity contribution >= 4 is 0 Å². The van der Waals surface area contributed by atoms with Crippen LogP contribution in [0.15, 0.2) is 36.7 Å². The molecule has 2 aromatic rings. The summed E-state index contributed by atoms with van der Waals surface area (Å²) in [5.74, 6) is -2.62. The maximum absolute atomic E-state index is 13.2. The van der Waals surface area contributed by atoms with Crippen LogP contribution < -0.4 is 0 Å². The molecule has 0 spiro atoms. The van der Waals surface area contributed by atoms with Gasteiger partial charge in [-0.1, -0.05) is 0 Å². The highest BCUT2D eigenvalue weighted by atomic mass is 19.1. The second-order valence-electron chi connectivity index (χ2n) is 3.20. The van der Waals surface area contributed by atoms with Crippen molar-refractivity contribution in [2.75, 3.05) is 0 Å². The van der Waals surface area contributed by atoms with Crippen LogP contribution in [0.25, 0.3) is 0 Å². The molecule has 0 aliphatic carbocycles. The fraction of sp³-hybridized carbons (Fsp3) is 0.0909. The minimum Gasteiger partial charge on any atom is -0.350 e. The van der Waals surface area contributed by atoms with E-state index < -0.39 is 17.5 Å². The molecule has 1 aromatic heterocycles. The van der Waals surface area contributed by atoms with Crippen molar-refractivity contribution in [3.05, 3.63) is 59.7 Å². The molecule has 0 radical (unpaired) electrons. The number of benzene rings is 1. The van der Waals surface area contributed by atoms with Gasteiger partial charge in [-0.2, -0.15) is 0 Å². The van der Waals surface area contributed by atoms with E-state index >= 15 is 0 Å². The highest BCUT2D eigenvalue weighted by Crippen LogP contribution is 2.15. The van der Waals surface area contributed by atoms with Crippen molar-refractivity contribution in [3.63, 3.8) is 0 Å². The molecule has 15 heavy (non-hydrogen) atoms. The Morgan fingerprint density at radius 2 is 1.47 bits per heavy atom. The maximum atomic E-state index is 13.2. The number of aromatic nitrogens is 1. The van der Waals surface area contributed by atoms with Crippen LogP contribution in [0, 0.1) is 17.5 Å². The molecule has 0 fully saturated rings. The van der Waals surface area contributed by atoms with E-state index in [0.717, 1.165) is 0 Å². The lowest BCUT2D eigenvalue weighted by atomic mass is 10.2. The van der Waals surface area contributed by atoms with Gasteiger partial charge in [0.25, 0.3) is 0 Å². The number of hydrogen-bond acceptors (Lipinski definition) is 0. The molecule has 0 unspecified atom stereocenters. The van der Waals surface area contributed by atoms with Gasteiger partial charge in [0.1, 0.15) is 17.5 Å². The Labute approximate surface area is 84.8 Å². The average Bonchev–Trinajstić information content (AvgIpc) is 2.63. The first-order valence-corrected chi connectivity index (χ1v) is 4.41. The first-order valence-electron chi connectivity index (χ1n) is 4.41. The summed E-state index contributed by atoms with van der Waals surface area (Å²) < 4.78 is 40.6. The van der Waals surface area contributed by atoms with Crippen LogP contribution in [0.4, 0.5) is 13.2 Å². The molecule has 0 bridgehead atoms. The summed E-state index contributed by atoms with van der Waals surface area (Å²) in [5.41, 5.74) is -0.132. The van der Waals surface area contributed by atoms with Crippen LogP contribution in [0.2, 0.25) is 0 Å². The first kappa shape index (κ1) is 9.83. The van der Waals surface area contributed by atoms with Crippen LogP contribution in [-0.4, -0.2) is 4.57 Å². The monoisotopic (exact) mass is 211 g/mol. The minimum atomic E-state index is -0.902. The van der Waals surface area contributed by atoms with E-state index in [2.05, 4.69) is 0 Å². The lowest BCUT2D eigenvalue weighted by Crippen LogP contribution is -2.03. The minimum absolute atomic E-state index is 0.0605. The molecule has 0 aliphatic rings. The topological polar surface area (TPSA) is 4.93 Å². The zero-order valence-corrected chi connectivity index (χ0v) is 7.75. The van der Waals surface area contributed by atoms with Crippen LogP contribution in [0.1, 0.15) is 5.56 Å². The number of hydrogen-bond donors (Lipinski definition) is 0. The summed E-state index contributed by atoms with van der Waals surface area (Å²) in [6.07, 6.45) is 3.37. The van der Waals surface area contributed by atoms with E-state index in [-0.39, 0.29) is 12.1 Å². The van der Waals surface area contributed by atoms with Gasteiger partial charge in [-0.25, -0.2) is 13.2 Å². The molecular weight excluding hydrogens is 203 g/mol. The SMILES string of the molecule is Fc1cc(F)c(Cn2cccc2)c(F)c1. The smallest absolute Gasteiger partial charge is 0.134 e. The molecular formula is C11H8F3N. The van der Waals surface area contributed by atoms with Crippen LogP contribution in [0.3, 0.4) is 0 Å². The predicted molar refractivity (Wildman–Crippen MR) is 49.9 cm³/mol. The summed E-state index contributed by atoms with van der Waals surface area (Å²) >= 11 is 0. The zero-order valence-electron chi connectivity index (χ0n) is 7.75. The Hall–Kier alpha value is -1.71. The molecule has 2 rings (SSSR count). The van der Waals surface area contributed by atoms with Gasteiger partial charge in [0, 0.05) is 30.1 Å². The van der Waals surface area contributed by atoms with Gasteiger partial charge in [0.05, 0.1) is 6.54 Å².